The Morgan fingerprint density at radius 3 is 1.96 bits per heavy atom. The van der Waals surface area contributed by atoms with Gasteiger partial charge in [0.05, 0.1) is 28.2 Å². The Kier molecular flexibility index (Phi) is 9.15. The summed E-state index contributed by atoms with van der Waals surface area (Å²) in [6, 6.07) is 24.6. The number of carbonyl (C=O) groups excluding carboxylic acids is 2. The first-order valence-electron chi connectivity index (χ1n) is 14.5. The van der Waals surface area contributed by atoms with Gasteiger partial charge in [-0.3, -0.25) is 4.79 Å². The molecule has 4 N–H and O–H groups in total. The van der Waals surface area contributed by atoms with Crippen molar-refractivity contribution in [3.63, 3.8) is 0 Å². The lowest BCUT2D eigenvalue weighted by atomic mass is 9.86. The average Bonchev–Trinajstić information content (AvgIpc) is 3.45. The minimum absolute atomic E-state index is 0.0583. The molecule has 0 aliphatic carbocycles. The summed E-state index contributed by atoms with van der Waals surface area (Å²) in [5, 5.41) is 1.26. The molecule has 2 aliphatic heterocycles. The van der Waals surface area contributed by atoms with E-state index in [9.17, 15) is 26.4 Å². The number of methoxy groups -OCH3 is 2. The number of rotatable bonds is 5. The Morgan fingerprint density at radius 2 is 1.38 bits per heavy atom. The van der Waals surface area contributed by atoms with Crippen LogP contribution in [0.15, 0.2) is 105 Å². The van der Waals surface area contributed by atoms with Crippen LogP contribution in [0, 0.1) is 13.8 Å². The largest absolute Gasteiger partial charge is 0.465 e. The van der Waals surface area contributed by atoms with Crippen molar-refractivity contribution in [2.45, 2.75) is 29.2 Å². The summed E-state index contributed by atoms with van der Waals surface area (Å²) in [7, 11) is -4.46. The van der Waals surface area contributed by atoms with Gasteiger partial charge in [0.15, 0.2) is 15.8 Å². The zero-order valence-electron chi connectivity index (χ0n) is 26.6. The van der Waals surface area contributed by atoms with Crippen LogP contribution >= 0.6 is 0 Å². The third kappa shape index (κ3) is 6.15. The van der Waals surface area contributed by atoms with Crippen molar-refractivity contribution in [2.75, 3.05) is 20.0 Å². The number of amides is 1. The summed E-state index contributed by atoms with van der Waals surface area (Å²) in [5.74, 6) is -1.85. The molecule has 1 unspecified atom stereocenters. The molecule has 2 heterocycles. The van der Waals surface area contributed by atoms with E-state index in [0.29, 0.717) is 27.8 Å². The van der Waals surface area contributed by atoms with E-state index in [1.807, 2.05) is 60.7 Å². The first-order valence-corrected chi connectivity index (χ1v) is 17.7. The second-order valence-corrected chi connectivity index (χ2v) is 15.0. The molecule has 0 saturated carbocycles. The van der Waals surface area contributed by atoms with Crippen LogP contribution in [0.4, 0.5) is 0 Å². The van der Waals surface area contributed by atoms with Gasteiger partial charge in [-0.2, -0.15) is 4.99 Å². The molecule has 4 aromatic carbocycles. The lowest BCUT2D eigenvalue weighted by Gasteiger charge is -2.28. The van der Waals surface area contributed by atoms with Gasteiger partial charge in [0.2, 0.25) is 9.84 Å². The molecule has 0 bridgehead atoms. The van der Waals surface area contributed by atoms with Gasteiger partial charge in [-0.05, 0) is 54.3 Å². The number of sulfone groups is 2. The van der Waals surface area contributed by atoms with Crippen molar-refractivity contribution < 1.29 is 35.9 Å². The van der Waals surface area contributed by atoms with Crippen LogP contribution in [0.1, 0.15) is 54.1 Å². The van der Waals surface area contributed by atoms with E-state index in [4.69, 9.17) is 20.9 Å². The minimum Gasteiger partial charge on any atom is -0.465 e. The van der Waals surface area contributed by atoms with Crippen LogP contribution in [0.3, 0.4) is 0 Å². The molecule has 48 heavy (non-hydrogen) atoms. The smallest absolute Gasteiger partial charge is 0.338 e. The maximum atomic E-state index is 12.8. The molecule has 6 rings (SSSR count). The molecule has 1 amide bonds. The number of aliphatic imine (C=N–C) groups is 1. The Morgan fingerprint density at radius 1 is 0.792 bits per heavy atom. The normalized spacial score (nSPS) is 18.0. The molecule has 2 aliphatic rings. The number of benzene rings is 4. The third-order valence-corrected chi connectivity index (χ3v) is 11.5. The van der Waals surface area contributed by atoms with Gasteiger partial charge in [-0.25, -0.2) is 21.6 Å². The fourth-order valence-electron chi connectivity index (χ4n) is 5.91. The second-order valence-electron chi connectivity index (χ2n) is 11.3. The van der Waals surface area contributed by atoms with Crippen molar-refractivity contribution in [3.05, 3.63) is 135 Å². The Balaban J connectivity index is 0.000000190. The molecule has 0 radical (unpaired) electrons. The van der Waals surface area contributed by atoms with E-state index < -0.39 is 37.2 Å². The zero-order valence-corrected chi connectivity index (χ0v) is 28.2. The predicted octanol–water partition coefficient (Wildman–Crippen LogP) is 4.04. The average molecular weight is 688 g/mol. The van der Waals surface area contributed by atoms with Crippen LogP contribution in [0.2, 0.25) is 0 Å². The monoisotopic (exact) mass is 687 g/mol. The van der Waals surface area contributed by atoms with Crippen molar-refractivity contribution in [3.8, 4) is 0 Å². The summed E-state index contributed by atoms with van der Waals surface area (Å²) in [6.07, 6.45) is 0. The first kappa shape index (κ1) is 34.2. The van der Waals surface area contributed by atoms with Gasteiger partial charge >= 0.3 is 5.97 Å². The summed E-state index contributed by atoms with van der Waals surface area (Å²) in [6.45, 7) is 3.46. The van der Waals surface area contributed by atoms with E-state index in [1.54, 1.807) is 26.0 Å². The Labute approximate surface area is 278 Å². The molecular weight excluding hydrogens is 655 g/mol. The zero-order chi connectivity index (χ0) is 35.0. The van der Waals surface area contributed by atoms with Crippen LogP contribution in [0.25, 0.3) is 5.57 Å². The molecule has 1 atom stereocenters. The number of hydrogen-bond acceptors (Lipinski definition) is 8. The van der Waals surface area contributed by atoms with E-state index in [1.165, 1.54) is 31.8 Å². The number of nitrogens with two attached hydrogens (primary N) is 2. The maximum absolute atomic E-state index is 12.8. The topological polar surface area (TPSA) is 185 Å². The second kappa shape index (κ2) is 12.8. The van der Waals surface area contributed by atoms with Crippen molar-refractivity contribution >= 4 is 43.1 Å². The fraction of sp³-hybridized carbons (Fsp3) is 0.171. The summed E-state index contributed by atoms with van der Waals surface area (Å²) < 4.78 is 60.9. The van der Waals surface area contributed by atoms with Crippen LogP contribution in [-0.2, 0) is 34.7 Å². The molecule has 0 fully saturated rings. The van der Waals surface area contributed by atoms with Gasteiger partial charge in [0.1, 0.15) is 5.60 Å². The van der Waals surface area contributed by atoms with Crippen molar-refractivity contribution in [1.82, 2.24) is 0 Å². The van der Waals surface area contributed by atoms with Crippen molar-refractivity contribution in [2.24, 2.45) is 16.5 Å². The molecule has 0 spiro atoms. The standard InChI is InChI=1S/C18H19N3O4S.C17H14O4S/c1-11-8-14-15(9-13(11)16(22)21-17(19)20)26(23,24)10-18(14,25-2)12-6-4-3-5-7-12;1-11-8-14-15(12-6-4-3-5-7-12)10-22(19,20)16(14)9-13(11)17(18)21-2/h3-9H,10H2,1-2H3,(H4,19,20,21,22);3-10H,1-2H3. The van der Waals surface area contributed by atoms with Gasteiger partial charge in [0, 0.05) is 34.8 Å². The van der Waals surface area contributed by atoms with E-state index in [-0.39, 0.29) is 32.6 Å². The van der Waals surface area contributed by atoms with E-state index in [0.717, 1.165) is 11.1 Å². The number of fused-ring (bicyclic) bond motifs is 2. The first-order chi connectivity index (χ1) is 22.6. The highest BCUT2D eigenvalue weighted by atomic mass is 32.2. The number of nitrogens with zero attached hydrogens (tertiary/aromatic N) is 1. The molecule has 11 nitrogen and oxygen atoms in total. The lowest BCUT2D eigenvalue weighted by molar-refractivity contribution is 0.0436. The van der Waals surface area contributed by atoms with Gasteiger partial charge in [0.25, 0.3) is 5.91 Å². The fourth-order valence-corrected chi connectivity index (χ4v) is 9.36. The number of hydrogen-bond donors (Lipinski definition) is 2. The lowest BCUT2D eigenvalue weighted by Crippen LogP contribution is -2.32. The maximum Gasteiger partial charge on any atom is 0.338 e. The summed E-state index contributed by atoms with van der Waals surface area (Å²) in [4.78, 5) is 27.7. The number of esters is 1. The Hall–Kier alpha value is -5.11. The molecule has 0 saturated heterocycles. The predicted molar refractivity (Wildman–Crippen MR) is 181 cm³/mol. The van der Waals surface area contributed by atoms with E-state index >= 15 is 0 Å². The molecule has 248 valence electrons. The number of guanidine groups is 1. The van der Waals surface area contributed by atoms with Gasteiger partial charge in [-0.1, -0.05) is 66.7 Å². The molecular formula is C35H33N3O8S2. The highest BCUT2D eigenvalue weighted by Crippen LogP contribution is 2.46. The molecule has 4 aromatic rings. The van der Waals surface area contributed by atoms with Crippen LogP contribution in [-0.4, -0.2) is 54.6 Å². The highest BCUT2D eigenvalue weighted by molar-refractivity contribution is 7.95. The summed E-state index contributed by atoms with van der Waals surface area (Å²) in [5.41, 5.74) is 14.4. The van der Waals surface area contributed by atoms with Crippen LogP contribution in [0.5, 0.6) is 0 Å². The van der Waals surface area contributed by atoms with Crippen molar-refractivity contribution in [1.29, 1.82) is 0 Å². The van der Waals surface area contributed by atoms with Gasteiger partial charge in [-0.15, -0.1) is 0 Å². The molecule has 0 aromatic heterocycles. The summed E-state index contributed by atoms with van der Waals surface area (Å²) >= 11 is 0. The number of aryl methyl sites for hydroxylation is 2. The molecule has 13 heteroatoms. The third-order valence-electron chi connectivity index (χ3n) is 8.23. The van der Waals surface area contributed by atoms with Crippen LogP contribution < -0.4 is 11.5 Å². The number of carbonyl (C=O) groups is 2. The SMILES string of the molecule is COC(=O)c1cc2c(cc1C)C(c1ccccc1)=CS2(=O)=O.COC1(c2ccccc2)CS(=O)(=O)c2cc(C(=O)N=C(N)N)c(C)cc21. The minimum atomic E-state index is -3.66. The number of ether oxygens (including phenoxy) is 2. The highest BCUT2D eigenvalue weighted by Gasteiger charge is 2.49. The van der Waals surface area contributed by atoms with Gasteiger partial charge < -0.3 is 20.9 Å². The Bertz CT molecular complexity index is 2230. The van der Waals surface area contributed by atoms with E-state index in [2.05, 4.69) is 4.99 Å². The quantitative estimate of drug-likeness (QED) is 0.176.